The monoisotopic (exact) mass is 315 g/mol. The Hall–Kier alpha value is -2.21. The van der Waals surface area contributed by atoms with E-state index in [9.17, 15) is 9.18 Å². The lowest BCUT2D eigenvalue weighted by atomic mass is 9.97. The average Bonchev–Trinajstić information content (AvgIpc) is 3.15. The summed E-state index contributed by atoms with van der Waals surface area (Å²) in [6.45, 7) is 3.18. The van der Waals surface area contributed by atoms with Crippen molar-refractivity contribution in [3.63, 3.8) is 0 Å². The SMILES string of the molecule is O=C(NC1CC2CCN(C2)C1)c1ncc(-c2ccc(F)cc2)o1. The van der Waals surface area contributed by atoms with E-state index in [-0.39, 0.29) is 23.7 Å². The lowest BCUT2D eigenvalue weighted by Gasteiger charge is -2.30. The van der Waals surface area contributed by atoms with Gasteiger partial charge in [0.05, 0.1) is 6.20 Å². The van der Waals surface area contributed by atoms with Crippen LogP contribution in [0.5, 0.6) is 0 Å². The Balaban J connectivity index is 1.44. The fourth-order valence-corrected chi connectivity index (χ4v) is 3.54. The first kappa shape index (κ1) is 14.4. The summed E-state index contributed by atoms with van der Waals surface area (Å²) in [5.41, 5.74) is 0.694. The predicted molar refractivity (Wildman–Crippen MR) is 82.3 cm³/mol. The summed E-state index contributed by atoms with van der Waals surface area (Å²) in [4.78, 5) is 18.7. The number of amides is 1. The molecule has 4 rings (SSSR count). The Kier molecular flexibility index (Phi) is 3.61. The largest absolute Gasteiger partial charge is 0.432 e. The van der Waals surface area contributed by atoms with Crippen LogP contribution < -0.4 is 5.32 Å². The molecular formula is C17H18FN3O2. The van der Waals surface area contributed by atoms with Gasteiger partial charge >= 0.3 is 5.91 Å². The van der Waals surface area contributed by atoms with Gasteiger partial charge in [-0.1, -0.05) is 0 Å². The third-order valence-electron chi connectivity index (χ3n) is 4.63. The van der Waals surface area contributed by atoms with E-state index in [1.54, 1.807) is 12.1 Å². The van der Waals surface area contributed by atoms with Gasteiger partial charge in [-0.25, -0.2) is 9.37 Å². The van der Waals surface area contributed by atoms with Gasteiger partial charge in [0.2, 0.25) is 0 Å². The van der Waals surface area contributed by atoms with Crippen LogP contribution in [0.25, 0.3) is 11.3 Å². The minimum atomic E-state index is -0.312. The molecule has 2 aromatic rings. The van der Waals surface area contributed by atoms with Gasteiger partial charge in [0, 0.05) is 24.7 Å². The predicted octanol–water partition coefficient (Wildman–Crippen LogP) is 2.30. The molecule has 23 heavy (non-hydrogen) atoms. The van der Waals surface area contributed by atoms with Crippen molar-refractivity contribution in [3.8, 4) is 11.3 Å². The number of rotatable bonds is 3. The van der Waals surface area contributed by atoms with E-state index in [0.717, 1.165) is 26.1 Å². The molecule has 1 amide bonds. The van der Waals surface area contributed by atoms with E-state index in [2.05, 4.69) is 15.2 Å². The summed E-state index contributed by atoms with van der Waals surface area (Å²) in [5, 5.41) is 3.01. The Labute approximate surface area is 133 Å². The number of carbonyl (C=O) groups excluding carboxylic acids is 1. The van der Waals surface area contributed by atoms with Gasteiger partial charge in [-0.15, -0.1) is 0 Å². The molecular weight excluding hydrogens is 297 g/mol. The summed E-state index contributed by atoms with van der Waals surface area (Å²) in [5.74, 6) is 0.604. The van der Waals surface area contributed by atoms with Crippen molar-refractivity contribution in [2.75, 3.05) is 19.6 Å². The number of fused-ring (bicyclic) bond motifs is 2. The molecule has 2 aliphatic heterocycles. The molecule has 5 nitrogen and oxygen atoms in total. The highest BCUT2D eigenvalue weighted by molar-refractivity contribution is 5.90. The van der Waals surface area contributed by atoms with E-state index in [4.69, 9.17) is 4.42 Å². The highest BCUT2D eigenvalue weighted by Crippen LogP contribution is 2.27. The lowest BCUT2D eigenvalue weighted by Crippen LogP contribution is -2.47. The number of oxazole rings is 1. The zero-order valence-electron chi connectivity index (χ0n) is 12.7. The molecule has 0 radical (unpaired) electrons. The second-order valence-corrected chi connectivity index (χ2v) is 6.36. The molecule has 0 saturated carbocycles. The molecule has 3 unspecified atom stereocenters. The van der Waals surface area contributed by atoms with Gasteiger partial charge in [0.15, 0.2) is 5.76 Å². The summed E-state index contributed by atoms with van der Waals surface area (Å²) in [6, 6.07) is 6.06. The standard InChI is InChI=1S/C17H18FN3O2/c18-13-3-1-12(2-4-13)15-8-19-17(23-15)16(22)20-14-7-11-5-6-21(9-11)10-14/h1-4,8,11,14H,5-7,9-10H2,(H,20,22). The topological polar surface area (TPSA) is 58.4 Å². The summed E-state index contributed by atoms with van der Waals surface area (Å²) in [6.07, 6.45) is 3.74. The maximum Gasteiger partial charge on any atom is 0.307 e. The fourth-order valence-electron chi connectivity index (χ4n) is 3.54. The molecule has 3 atom stereocenters. The fraction of sp³-hybridized carbons (Fsp3) is 0.412. The van der Waals surface area contributed by atoms with Crippen LogP contribution in [0.4, 0.5) is 4.39 Å². The number of carbonyl (C=O) groups is 1. The molecule has 2 fully saturated rings. The molecule has 1 aromatic carbocycles. The number of hydrogen-bond acceptors (Lipinski definition) is 4. The van der Waals surface area contributed by atoms with Crippen LogP contribution >= 0.6 is 0 Å². The van der Waals surface area contributed by atoms with Gasteiger partial charge in [-0.05, 0) is 49.6 Å². The van der Waals surface area contributed by atoms with E-state index in [0.29, 0.717) is 17.2 Å². The van der Waals surface area contributed by atoms with Crippen molar-refractivity contribution in [1.29, 1.82) is 0 Å². The van der Waals surface area contributed by atoms with Gasteiger partial charge in [-0.3, -0.25) is 4.79 Å². The van der Waals surface area contributed by atoms with Crippen molar-refractivity contribution < 1.29 is 13.6 Å². The van der Waals surface area contributed by atoms with Crippen LogP contribution in [0.1, 0.15) is 23.5 Å². The summed E-state index contributed by atoms with van der Waals surface area (Å²) >= 11 is 0. The van der Waals surface area contributed by atoms with Gasteiger partial charge < -0.3 is 14.6 Å². The minimum Gasteiger partial charge on any atom is -0.432 e. The highest BCUT2D eigenvalue weighted by Gasteiger charge is 2.33. The molecule has 1 aromatic heterocycles. The first-order chi connectivity index (χ1) is 11.2. The zero-order chi connectivity index (χ0) is 15.8. The van der Waals surface area contributed by atoms with E-state index < -0.39 is 0 Å². The van der Waals surface area contributed by atoms with E-state index >= 15 is 0 Å². The number of piperidine rings is 1. The van der Waals surface area contributed by atoms with Crippen molar-refractivity contribution in [2.24, 2.45) is 5.92 Å². The van der Waals surface area contributed by atoms with Crippen LogP contribution in [0, 0.1) is 11.7 Å². The molecule has 120 valence electrons. The second kappa shape index (κ2) is 5.77. The number of nitrogens with one attached hydrogen (secondary N) is 1. The van der Waals surface area contributed by atoms with E-state index in [1.807, 2.05) is 0 Å². The summed E-state index contributed by atoms with van der Waals surface area (Å²) < 4.78 is 18.5. The van der Waals surface area contributed by atoms with Gasteiger partial charge in [0.1, 0.15) is 5.82 Å². The molecule has 1 N–H and O–H groups in total. The quantitative estimate of drug-likeness (QED) is 0.944. The Morgan fingerprint density at radius 1 is 1.30 bits per heavy atom. The van der Waals surface area contributed by atoms with Crippen LogP contribution in [0.2, 0.25) is 0 Å². The number of benzene rings is 1. The molecule has 0 spiro atoms. The van der Waals surface area contributed by atoms with Crippen LogP contribution in [0.3, 0.4) is 0 Å². The van der Waals surface area contributed by atoms with Crippen LogP contribution in [-0.4, -0.2) is 41.5 Å². The first-order valence-corrected chi connectivity index (χ1v) is 7.92. The van der Waals surface area contributed by atoms with Crippen molar-refractivity contribution >= 4 is 5.91 Å². The van der Waals surface area contributed by atoms with Crippen molar-refractivity contribution in [3.05, 3.63) is 42.2 Å². The number of nitrogens with zero attached hydrogens (tertiary/aromatic N) is 2. The van der Waals surface area contributed by atoms with Crippen LogP contribution in [-0.2, 0) is 0 Å². The molecule has 2 bridgehead atoms. The third-order valence-corrected chi connectivity index (χ3v) is 4.63. The molecule has 6 heteroatoms. The van der Waals surface area contributed by atoms with Gasteiger partial charge in [-0.2, -0.15) is 0 Å². The third kappa shape index (κ3) is 2.99. The maximum absolute atomic E-state index is 13.0. The molecule has 2 aliphatic rings. The highest BCUT2D eigenvalue weighted by atomic mass is 19.1. The molecule has 2 saturated heterocycles. The second-order valence-electron chi connectivity index (χ2n) is 6.36. The van der Waals surface area contributed by atoms with Crippen LogP contribution in [0.15, 0.2) is 34.9 Å². The summed E-state index contributed by atoms with van der Waals surface area (Å²) in [7, 11) is 0. The first-order valence-electron chi connectivity index (χ1n) is 7.92. The Bertz CT molecular complexity index is 701. The zero-order valence-corrected chi connectivity index (χ0v) is 12.7. The Morgan fingerprint density at radius 3 is 2.91 bits per heavy atom. The smallest absolute Gasteiger partial charge is 0.307 e. The number of hydrogen-bond donors (Lipinski definition) is 1. The maximum atomic E-state index is 13.0. The number of halogens is 1. The Morgan fingerprint density at radius 2 is 2.13 bits per heavy atom. The van der Waals surface area contributed by atoms with E-state index in [1.165, 1.54) is 24.8 Å². The van der Waals surface area contributed by atoms with Gasteiger partial charge in [0.25, 0.3) is 5.89 Å². The lowest BCUT2D eigenvalue weighted by molar-refractivity contribution is 0.0875. The average molecular weight is 315 g/mol. The normalized spacial score (nSPS) is 26.2. The van der Waals surface area contributed by atoms with Crippen molar-refractivity contribution in [2.45, 2.75) is 18.9 Å². The molecule has 3 heterocycles. The minimum absolute atomic E-state index is 0.0530. The van der Waals surface area contributed by atoms with Crippen molar-refractivity contribution in [1.82, 2.24) is 15.2 Å². The molecule has 0 aliphatic carbocycles. The number of aromatic nitrogens is 1.